The number of amides is 2. The van der Waals surface area contributed by atoms with Crippen LogP contribution in [0.2, 0.25) is 0 Å². The van der Waals surface area contributed by atoms with Crippen LogP contribution in [-0.4, -0.2) is 58.2 Å². The van der Waals surface area contributed by atoms with E-state index < -0.39 is 0 Å². The number of fused-ring (bicyclic) bond motifs is 1. The maximum Gasteiger partial charge on any atom is 0.348 e. The Bertz CT molecular complexity index is 1040. The van der Waals surface area contributed by atoms with Gasteiger partial charge in [-0.05, 0) is 81.9 Å². The molecule has 4 heterocycles. The van der Waals surface area contributed by atoms with E-state index in [0.717, 1.165) is 49.5 Å². The van der Waals surface area contributed by atoms with Crippen LogP contribution in [0.15, 0.2) is 23.0 Å². The number of imide groups is 1. The molecule has 3 aliphatic rings. The van der Waals surface area contributed by atoms with Crippen LogP contribution in [0.3, 0.4) is 0 Å². The molecule has 1 N–H and O–H groups in total. The Morgan fingerprint density at radius 1 is 0.903 bits per heavy atom. The minimum absolute atomic E-state index is 0.294. The topological polar surface area (TPSA) is 79.6 Å². The Labute approximate surface area is 181 Å². The van der Waals surface area contributed by atoms with E-state index in [0.29, 0.717) is 36.7 Å². The van der Waals surface area contributed by atoms with Crippen molar-refractivity contribution in [2.75, 3.05) is 31.2 Å². The van der Waals surface area contributed by atoms with Gasteiger partial charge in [-0.25, -0.2) is 4.79 Å². The van der Waals surface area contributed by atoms with Crippen molar-refractivity contribution >= 4 is 22.8 Å². The summed E-state index contributed by atoms with van der Waals surface area (Å²) in [7, 11) is 1.71. The summed E-state index contributed by atoms with van der Waals surface area (Å²) in [5.41, 5.74) is 2.28. The van der Waals surface area contributed by atoms with Crippen molar-refractivity contribution in [3.05, 3.63) is 34.2 Å². The molecule has 0 aliphatic carbocycles. The van der Waals surface area contributed by atoms with Gasteiger partial charge in [-0.1, -0.05) is 6.07 Å². The maximum absolute atomic E-state index is 13.0. The van der Waals surface area contributed by atoms with Gasteiger partial charge in [0.1, 0.15) is 0 Å². The van der Waals surface area contributed by atoms with Gasteiger partial charge in [-0.15, -0.1) is 0 Å². The lowest BCUT2D eigenvalue weighted by atomic mass is 9.88. The van der Waals surface area contributed by atoms with Crippen LogP contribution < -0.4 is 16.0 Å². The molecule has 0 saturated carbocycles. The molecule has 31 heavy (non-hydrogen) atoms. The van der Waals surface area contributed by atoms with Crippen LogP contribution in [0.1, 0.15) is 56.4 Å². The van der Waals surface area contributed by atoms with Gasteiger partial charge in [0.05, 0.1) is 11.0 Å². The van der Waals surface area contributed by atoms with Gasteiger partial charge >= 0.3 is 5.69 Å². The van der Waals surface area contributed by atoms with Crippen molar-refractivity contribution in [2.45, 2.75) is 56.9 Å². The summed E-state index contributed by atoms with van der Waals surface area (Å²) in [6.45, 7) is 4.47. The number of benzene rings is 1. The van der Waals surface area contributed by atoms with Gasteiger partial charge < -0.3 is 10.2 Å². The number of carbonyl (C=O) groups is 2. The molecule has 0 radical (unpaired) electrons. The summed E-state index contributed by atoms with van der Waals surface area (Å²) in [4.78, 5) is 40.4. The second kappa shape index (κ2) is 8.24. The quantitative estimate of drug-likeness (QED) is 0.753. The lowest BCUT2D eigenvalue weighted by molar-refractivity contribution is -0.131. The van der Waals surface area contributed by atoms with E-state index >= 15 is 0 Å². The lowest BCUT2D eigenvalue weighted by Crippen LogP contribution is -2.52. The Balaban J connectivity index is 1.40. The van der Waals surface area contributed by atoms with E-state index in [9.17, 15) is 14.4 Å². The van der Waals surface area contributed by atoms with E-state index in [1.165, 1.54) is 23.1 Å². The van der Waals surface area contributed by atoms with E-state index in [4.69, 9.17) is 0 Å². The monoisotopic (exact) mass is 425 g/mol. The normalized spacial score (nSPS) is 22.5. The standard InChI is InChI=1S/C23H31N5O3/c1-25-20-15-17(16-9-13-26(14-10-16)18-7-11-24-12-8-18)5-6-19(20)27(23(25)31)28-21(29)3-2-4-22(28)30/h5-6,15-16,18,24H,2-4,7-14H2,1H3. The Morgan fingerprint density at radius 3 is 2.26 bits per heavy atom. The molecular formula is C23H31N5O3. The number of nitrogens with one attached hydrogen (secondary N) is 1. The number of piperidine rings is 3. The SMILES string of the molecule is Cn1c(=O)n(N2C(=O)CCCC2=O)c2ccc(C3CCN(C4CCNCC4)CC3)cc21. The number of imidazole rings is 1. The first kappa shape index (κ1) is 20.5. The van der Waals surface area contributed by atoms with Gasteiger partial charge in [0, 0.05) is 25.9 Å². The molecule has 8 nitrogen and oxygen atoms in total. The van der Waals surface area contributed by atoms with Crippen molar-refractivity contribution in [3.63, 3.8) is 0 Å². The van der Waals surface area contributed by atoms with Crippen LogP contribution >= 0.6 is 0 Å². The first-order chi connectivity index (χ1) is 15.0. The number of nitrogens with zero attached hydrogens (tertiary/aromatic N) is 4. The smallest absolute Gasteiger partial charge is 0.317 e. The van der Waals surface area contributed by atoms with Gasteiger partial charge in [0.15, 0.2) is 0 Å². The van der Waals surface area contributed by atoms with Gasteiger partial charge in [-0.3, -0.25) is 14.2 Å². The number of rotatable bonds is 3. The third kappa shape index (κ3) is 3.61. The third-order valence-corrected chi connectivity index (χ3v) is 7.34. The second-order valence-corrected chi connectivity index (χ2v) is 9.15. The number of hydrogen-bond donors (Lipinski definition) is 1. The number of aryl methyl sites for hydroxylation is 1. The average Bonchev–Trinajstić information content (AvgIpc) is 3.04. The predicted molar refractivity (Wildman–Crippen MR) is 119 cm³/mol. The zero-order valence-electron chi connectivity index (χ0n) is 18.2. The largest absolute Gasteiger partial charge is 0.348 e. The highest BCUT2D eigenvalue weighted by molar-refractivity contribution is 6.10. The first-order valence-corrected chi connectivity index (χ1v) is 11.6. The summed E-state index contributed by atoms with van der Waals surface area (Å²) in [5, 5.41) is 4.49. The third-order valence-electron chi connectivity index (χ3n) is 7.34. The molecule has 1 aromatic heterocycles. The molecule has 0 atom stereocenters. The Morgan fingerprint density at radius 2 is 1.58 bits per heavy atom. The van der Waals surface area contributed by atoms with Crippen LogP contribution in [-0.2, 0) is 16.6 Å². The average molecular weight is 426 g/mol. The van der Waals surface area contributed by atoms with Crippen molar-refractivity contribution in [2.24, 2.45) is 7.05 Å². The van der Waals surface area contributed by atoms with Gasteiger partial charge in [0.2, 0.25) is 11.8 Å². The maximum atomic E-state index is 13.0. The minimum atomic E-state index is -0.350. The Hall–Kier alpha value is -2.45. The molecule has 2 aromatic rings. The number of hydrogen-bond acceptors (Lipinski definition) is 5. The van der Waals surface area contributed by atoms with Crippen LogP contribution in [0.4, 0.5) is 0 Å². The fourth-order valence-electron chi connectivity index (χ4n) is 5.52. The van der Waals surface area contributed by atoms with Crippen molar-refractivity contribution in [3.8, 4) is 0 Å². The fraction of sp³-hybridized carbons (Fsp3) is 0.609. The molecule has 5 rings (SSSR count). The zero-order valence-corrected chi connectivity index (χ0v) is 18.2. The molecule has 166 valence electrons. The zero-order chi connectivity index (χ0) is 21.5. The Kier molecular flexibility index (Phi) is 5.44. The summed E-state index contributed by atoms with van der Waals surface area (Å²) < 4.78 is 2.82. The molecule has 0 spiro atoms. The number of likely N-dealkylation sites (tertiary alicyclic amines) is 1. The number of aromatic nitrogens is 2. The molecule has 8 heteroatoms. The summed E-state index contributed by atoms with van der Waals surface area (Å²) in [5.74, 6) is -0.139. The first-order valence-electron chi connectivity index (χ1n) is 11.6. The predicted octanol–water partition coefficient (Wildman–Crippen LogP) is 1.45. The summed E-state index contributed by atoms with van der Waals surface area (Å²) in [6.07, 6.45) is 5.85. The highest BCUT2D eigenvalue weighted by Gasteiger charge is 2.32. The molecule has 3 fully saturated rings. The van der Waals surface area contributed by atoms with Crippen LogP contribution in [0, 0.1) is 0 Å². The van der Waals surface area contributed by atoms with E-state index in [1.54, 1.807) is 11.6 Å². The lowest BCUT2D eigenvalue weighted by Gasteiger charge is -2.39. The molecule has 2 amide bonds. The van der Waals surface area contributed by atoms with Gasteiger partial charge in [0.25, 0.3) is 0 Å². The molecule has 1 aromatic carbocycles. The van der Waals surface area contributed by atoms with Crippen molar-refractivity contribution < 1.29 is 9.59 Å². The second-order valence-electron chi connectivity index (χ2n) is 9.15. The van der Waals surface area contributed by atoms with Crippen molar-refractivity contribution in [1.29, 1.82) is 0 Å². The fourth-order valence-corrected chi connectivity index (χ4v) is 5.52. The number of carbonyl (C=O) groups excluding carboxylic acids is 2. The molecule has 3 saturated heterocycles. The summed E-state index contributed by atoms with van der Waals surface area (Å²) in [6, 6.07) is 6.76. The van der Waals surface area contributed by atoms with Crippen molar-refractivity contribution in [1.82, 2.24) is 19.5 Å². The van der Waals surface area contributed by atoms with E-state index in [1.807, 2.05) is 6.07 Å². The van der Waals surface area contributed by atoms with E-state index in [-0.39, 0.29) is 17.5 Å². The molecule has 3 aliphatic heterocycles. The highest BCUT2D eigenvalue weighted by atomic mass is 16.2. The molecule has 0 bridgehead atoms. The molecular weight excluding hydrogens is 394 g/mol. The molecule has 0 unspecified atom stereocenters. The highest BCUT2D eigenvalue weighted by Crippen LogP contribution is 2.32. The van der Waals surface area contributed by atoms with Crippen LogP contribution in [0.25, 0.3) is 11.0 Å². The van der Waals surface area contributed by atoms with E-state index in [2.05, 4.69) is 22.3 Å². The van der Waals surface area contributed by atoms with Gasteiger partial charge in [-0.2, -0.15) is 9.69 Å². The van der Waals surface area contributed by atoms with Crippen LogP contribution in [0.5, 0.6) is 0 Å². The minimum Gasteiger partial charge on any atom is -0.317 e. The summed E-state index contributed by atoms with van der Waals surface area (Å²) >= 11 is 0.